The number of pyridine rings is 1. The molecule has 1 aromatic carbocycles. The van der Waals surface area contributed by atoms with Gasteiger partial charge in [-0.25, -0.2) is 0 Å². The monoisotopic (exact) mass is 282 g/mol. The predicted molar refractivity (Wildman–Crippen MR) is 85.0 cm³/mol. The maximum Gasteiger partial charge on any atom is 0.220 e. The van der Waals surface area contributed by atoms with Crippen LogP contribution >= 0.6 is 0 Å². The summed E-state index contributed by atoms with van der Waals surface area (Å²) in [6.07, 6.45) is 5.35. The van der Waals surface area contributed by atoms with Crippen LogP contribution in [-0.4, -0.2) is 16.4 Å². The Bertz CT molecular complexity index is 665. The number of fused-ring (bicyclic) bond motifs is 1. The van der Waals surface area contributed by atoms with Crippen LogP contribution in [0.25, 0.3) is 10.9 Å². The molecule has 2 heterocycles. The number of rotatable bonds is 4. The molecule has 1 aliphatic rings. The predicted octanol–water partition coefficient (Wildman–Crippen LogP) is 3.47. The Morgan fingerprint density at radius 2 is 2.19 bits per heavy atom. The van der Waals surface area contributed by atoms with Crippen LogP contribution in [0, 0.1) is 5.92 Å². The van der Waals surface area contributed by atoms with E-state index in [9.17, 15) is 4.79 Å². The van der Waals surface area contributed by atoms with Gasteiger partial charge in [-0.15, -0.1) is 0 Å². The fraction of sp³-hybridized carbons (Fsp3) is 0.444. The maximum absolute atomic E-state index is 11.7. The Hall–Kier alpha value is -1.90. The first-order valence-corrected chi connectivity index (χ1v) is 7.71. The number of nitrogens with one attached hydrogen (secondary N) is 1. The van der Waals surface area contributed by atoms with Crippen molar-refractivity contribution in [2.24, 2.45) is 5.92 Å². The van der Waals surface area contributed by atoms with E-state index in [2.05, 4.69) is 48.4 Å². The largest absolute Gasteiger partial charge is 0.350 e. The average Bonchev–Trinajstić information content (AvgIpc) is 2.78. The number of hydrogen-bond donors (Lipinski definition) is 1. The fourth-order valence-electron chi connectivity index (χ4n) is 3.54. The summed E-state index contributed by atoms with van der Waals surface area (Å²) < 4.78 is 0. The Balaban J connectivity index is 1.88. The first-order chi connectivity index (χ1) is 10.1. The van der Waals surface area contributed by atoms with Gasteiger partial charge in [0.2, 0.25) is 5.91 Å². The van der Waals surface area contributed by atoms with Gasteiger partial charge in [-0.3, -0.25) is 9.78 Å². The van der Waals surface area contributed by atoms with Crippen LogP contribution in [0.2, 0.25) is 0 Å². The number of hydrogen-bond acceptors (Lipinski definition) is 2. The first kappa shape index (κ1) is 14.1. The lowest BCUT2D eigenvalue weighted by atomic mass is 9.82. The molecule has 1 unspecified atom stereocenters. The van der Waals surface area contributed by atoms with Gasteiger partial charge in [-0.2, -0.15) is 0 Å². The van der Waals surface area contributed by atoms with Gasteiger partial charge in [0.25, 0.3) is 0 Å². The summed E-state index contributed by atoms with van der Waals surface area (Å²) in [5.74, 6) is 0.767. The van der Waals surface area contributed by atoms with Crippen molar-refractivity contribution in [2.45, 2.75) is 45.1 Å². The molecule has 3 nitrogen and oxygen atoms in total. The van der Waals surface area contributed by atoms with Crippen molar-refractivity contribution in [3.05, 3.63) is 42.1 Å². The minimum Gasteiger partial charge on any atom is -0.350 e. The van der Waals surface area contributed by atoms with Crippen molar-refractivity contribution in [1.29, 1.82) is 0 Å². The highest BCUT2D eigenvalue weighted by molar-refractivity contribution is 5.80. The summed E-state index contributed by atoms with van der Waals surface area (Å²) in [6.45, 7) is 4.44. The number of amides is 1. The molecule has 1 aromatic heterocycles. The highest BCUT2D eigenvalue weighted by Gasteiger charge is 2.38. The molecular formula is C18H22N2O. The molecule has 3 heteroatoms. The van der Waals surface area contributed by atoms with Crippen LogP contribution < -0.4 is 5.32 Å². The molecule has 3 rings (SSSR count). The molecule has 0 saturated carbocycles. The lowest BCUT2D eigenvalue weighted by Gasteiger charge is -2.31. The molecular weight excluding hydrogens is 260 g/mol. The molecule has 0 bridgehead atoms. The molecule has 21 heavy (non-hydrogen) atoms. The fourth-order valence-corrected chi connectivity index (χ4v) is 3.54. The normalized spacial score (nSPS) is 22.0. The van der Waals surface area contributed by atoms with Crippen LogP contribution in [0.4, 0.5) is 0 Å². The van der Waals surface area contributed by atoms with Gasteiger partial charge in [0.05, 0.1) is 5.52 Å². The summed E-state index contributed by atoms with van der Waals surface area (Å²) in [7, 11) is 0. The highest BCUT2D eigenvalue weighted by Crippen LogP contribution is 2.31. The summed E-state index contributed by atoms with van der Waals surface area (Å²) in [5, 5.41) is 4.41. The van der Waals surface area contributed by atoms with Crippen molar-refractivity contribution in [3.63, 3.8) is 0 Å². The quantitative estimate of drug-likeness (QED) is 0.933. The lowest BCUT2D eigenvalue weighted by molar-refractivity contribution is -0.119. The van der Waals surface area contributed by atoms with Crippen LogP contribution in [-0.2, 0) is 11.2 Å². The first-order valence-electron chi connectivity index (χ1n) is 7.71. The molecule has 1 aliphatic heterocycles. The van der Waals surface area contributed by atoms with Gasteiger partial charge in [0.15, 0.2) is 0 Å². The van der Waals surface area contributed by atoms with Crippen LogP contribution in [0.3, 0.4) is 0 Å². The average molecular weight is 282 g/mol. The molecule has 110 valence electrons. The van der Waals surface area contributed by atoms with E-state index in [1.165, 1.54) is 10.9 Å². The summed E-state index contributed by atoms with van der Waals surface area (Å²) >= 11 is 0. The standard InChI is InChI=1S/C18H22N2O/c1-13(2)11-18(8-7-17(21)20-18)12-14-5-6-16-15(10-14)4-3-9-19-16/h3-6,9-10,13H,7-8,11-12H2,1-2H3,(H,20,21). The van der Waals surface area contributed by atoms with Crippen molar-refractivity contribution in [2.75, 3.05) is 0 Å². The molecule has 1 amide bonds. The SMILES string of the molecule is CC(C)CC1(Cc2ccc3ncccc3c2)CCC(=O)N1. The highest BCUT2D eigenvalue weighted by atomic mass is 16.2. The number of aromatic nitrogens is 1. The van der Waals surface area contributed by atoms with E-state index in [1.807, 2.05) is 12.3 Å². The molecule has 0 aliphatic carbocycles. The maximum atomic E-state index is 11.7. The van der Waals surface area contributed by atoms with Crippen LogP contribution in [0.15, 0.2) is 36.5 Å². The number of carbonyl (C=O) groups is 1. The second-order valence-corrected chi connectivity index (χ2v) is 6.63. The van der Waals surface area contributed by atoms with Crippen LogP contribution in [0.5, 0.6) is 0 Å². The molecule has 2 aromatic rings. The smallest absolute Gasteiger partial charge is 0.220 e. The Labute approximate surface area is 125 Å². The van der Waals surface area contributed by atoms with Gasteiger partial charge in [0, 0.05) is 23.5 Å². The van der Waals surface area contributed by atoms with Gasteiger partial charge in [-0.1, -0.05) is 26.0 Å². The zero-order valence-corrected chi connectivity index (χ0v) is 12.7. The van der Waals surface area contributed by atoms with Crippen molar-refractivity contribution >= 4 is 16.8 Å². The zero-order chi connectivity index (χ0) is 14.9. The second kappa shape index (κ2) is 5.47. The topological polar surface area (TPSA) is 42.0 Å². The van der Waals surface area contributed by atoms with Gasteiger partial charge in [-0.05, 0) is 48.9 Å². The molecule has 1 atom stereocenters. The van der Waals surface area contributed by atoms with E-state index in [-0.39, 0.29) is 11.4 Å². The van der Waals surface area contributed by atoms with E-state index in [0.29, 0.717) is 12.3 Å². The molecule has 1 N–H and O–H groups in total. The summed E-state index contributed by atoms with van der Waals surface area (Å²) in [6, 6.07) is 10.5. The van der Waals surface area contributed by atoms with Gasteiger partial charge in [0.1, 0.15) is 0 Å². The molecule has 1 fully saturated rings. The minimum absolute atomic E-state index is 0.0683. The second-order valence-electron chi connectivity index (χ2n) is 6.63. The number of carbonyl (C=O) groups excluding carboxylic acids is 1. The van der Waals surface area contributed by atoms with Crippen LogP contribution in [0.1, 0.15) is 38.7 Å². The van der Waals surface area contributed by atoms with E-state index in [4.69, 9.17) is 0 Å². The molecule has 0 spiro atoms. The Morgan fingerprint density at radius 3 is 2.90 bits per heavy atom. The Morgan fingerprint density at radius 1 is 1.33 bits per heavy atom. The van der Waals surface area contributed by atoms with E-state index >= 15 is 0 Å². The van der Waals surface area contributed by atoms with Crippen molar-refractivity contribution < 1.29 is 4.79 Å². The third kappa shape index (κ3) is 3.07. The summed E-state index contributed by atoms with van der Waals surface area (Å²) in [5.41, 5.74) is 2.23. The summed E-state index contributed by atoms with van der Waals surface area (Å²) in [4.78, 5) is 16.1. The molecule has 1 saturated heterocycles. The third-order valence-electron chi connectivity index (χ3n) is 4.24. The number of benzene rings is 1. The Kier molecular flexibility index (Phi) is 3.66. The van der Waals surface area contributed by atoms with Gasteiger partial charge < -0.3 is 5.32 Å². The van der Waals surface area contributed by atoms with Crippen molar-refractivity contribution in [3.8, 4) is 0 Å². The van der Waals surface area contributed by atoms with E-state index in [1.54, 1.807) is 0 Å². The zero-order valence-electron chi connectivity index (χ0n) is 12.7. The van der Waals surface area contributed by atoms with Gasteiger partial charge >= 0.3 is 0 Å². The lowest BCUT2D eigenvalue weighted by Crippen LogP contribution is -2.44. The number of nitrogens with zero attached hydrogens (tertiary/aromatic N) is 1. The van der Waals surface area contributed by atoms with Crippen molar-refractivity contribution in [1.82, 2.24) is 10.3 Å². The third-order valence-corrected chi connectivity index (χ3v) is 4.24. The van der Waals surface area contributed by atoms with E-state index in [0.717, 1.165) is 24.8 Å². The minimum atomic E-state index is -0.0683. The molecule has 0 radical (unpaired) electrons. The van der Waals surface area contributed by atoms with E-state index < -0.39 is 0 Å².